The van der Waals surface area contributed by atoms with Gasteiger partial charge in [-0.05, 0) is 6.42 Å². The van der Waals surface area contributed by atoms with Crippen molar-refractivity contribution in [1.82, 2.24) is 4.90 Å². The Kier molecular flexibility index (Phi) is 3.93. The number of nitrogens with zero attached hydrogens (tertiary/aromatic N) is 1. The Morgan fingerprint density at radius 1 is 1.50 bits per heavy atom. The van der Waals surface area contributed by atoms with Crippen LogP contribution in [0.25, 0.3) is 0 Å². The van der Waals surface area contributed by atoms with Crippen LogP contribution in [0, 0.1) is 0 Å². The maximum atomic E-state index is 12.3. The Morgan fingerprint density at radius 3 is 2.62 bits per heavy atom. The van der Waals surface area contributed by atoms with Crippen LogP contribution in [0.15, 0.2) is 0 Å². The second-order valence-corrected chi connectivity index (χ2v) is 3.93. The summed E-state index contributed by atoms with van der Waals surface area (Å²) in [7, 11) is 0. The average molecular weight is 237 g/mol. The van der Waals surface area contributed by atoms with E-state index in [1.165, 1.54) is 0 Å². The molecule has 0 aromatic rings. The molecule has 0 saturated carbocycles. The van der Waals surface area contributed by atoms with Crippen LogP contribution >= 0.6 is 0 Å². The molecule has 1 saturated heterocycles. The van der Waals surface area contributed by atoms with E-state index < -0.39 is 18.1 Å². The number of Topliss-reactive ketones (excluding diaryl/α,β-unsaturated/α-hetero) is 1. The molecule has 3 nitrogen and oxygen atoms in total. The molecular weight excluding hydrogens is 223 g/mol. The highest BCUT2D eigenvalue weighted by atomic mass is 19.4. The third-order valence-corrected chi connectivity index (χ3v) is 2.66. The highest BCUT2D eigenvalue weighted by molar-refractivity contribution is 5.86. The van der Waals surface area contributed by atoms with Gasteiger partial charge in [-0.3, -0.25) is 9.59 Å². The molecule has 0 aromatic carbocycles. The molecule has 1 atom stereocenters. The van der Waals surface area contributed by atoms with Crippen molar-refractivity contribution >= 4 is 11.7 Å². The van der Waals surface area contributed by atoms with Gasteiger partial charge in [0.05, 0.1) is 0 Å². The number of hydrogen-bond donors (Lipinski definition) is 0. The number of hydrogen-bond acceptors (Lipinski definition) is 2. The molecule has 0 aromatic heterocycles. The molecule has 0 aliphatic carbocycles. The van der Waals surface area contributed by atoms with Gasteiger partial charge in [-0.2, -0.15) is 13.2 Å². The minimum absolute atomic E-state index is 0.0298. The lowest BCUT2D eigenvalue weighted by molar-refractivity contribution is -0.189. The van der Waals surface area contributed by atoms with E-state index in [2.05, 4.69) is 0 Å². The molecular formula is C10H14F3NO2. The number of carbonyl (C=O) groups is 2. The Bertz CT molecular complexity index is 288. The molecule has 0 bridgehead atoms. The van der Waals surface area contributed by atoms with Crippen LogP contribution < -0.4 is 0 Å². The van der Waals surface area contributed by atoms with Gasteiger partial charge in [0.15, 0.2) is 0 Å². The monoisotopic (exact) mass is 237 g/mol. The molecule has 0 spiro atoms. The van der Waals surface area contributed by atoms with E-state index in [0.29, 0.717) is 12.8 Å². The molecule has 1 aliphatic heterocycles. The zero-order chi connectivity index (χ0) is 12.3. The van der Waals surface area contributed by atoms with Gasteiger partial charge in [-0.1, -0.05) is 13.3 Å². The van der Waals surface area contributed by atoms with Crippen molar-refractivity contribution < 1.29 is 22.8 Å². The number of halogens is 3. The Hall–Kier alpha value is -1.07. The van der Waals surface area contributed by atoms with Crippen LogP contribution in [0.1, 0.15) is 32.6 Å². The number of likely N-dealkylation sites (tertiary alicyclic amines) is 1. The maximum Gasteiger partial charge on any atom is 0.471 e. The number of piperidine rings is 1. The summed E-state index contributed by atoms with van der Waals surface area (Å²) in [6.07, 6.45) is -3.67. The van der Waals surface area contributed by atoms with Crippen LogP contribution in [0.3, 0.4) is 0 Å². The fourth-order valence-corrected chi connectivity index (χ4v) is 1.92. The van der Waals surface area contributed by atoms with Crippen molar-refractivity contribution in [2.75, 3.05) is 6.54 Å². The van der Waals surface area contributed by atoms with Crippen molar-refractivity contribution in [2.24, 2.45) is 0 Å². The van der Waals surface area contributed by atoms with Crippen LogP contribution in [0.2, 0.25) is 0 Å². The van der Waals surface area contributed by atoms with Gasteiger partial charge in [0.1, 0.15) is 5.78 Å². The Balaban J connectivity index is 2.76. The van der Waals surface area contributed by atoms with Crippen molar-refractivity contribution in [3.8, 4) is 0 Å². The third kappa shape index (κ3) is 2.96. The number of rotatable bonds is 2. The smallest absolute Gasteiger partial charge is 0.331 e. The largest absolute Gasteiger partial charge is 0.471 e. The first-order valence-electron chi connectivity index (χ1n) is 5.25. The Morgan fingerprint density at radius 2 is 2.12 bits per heavy atom. The first-order chi connectivity index (χ1) is 7.36. The molecule has 1 heterocycles. The SMILES string of the molecule is CCCC1CC(=O)CCN1C(=O)C(F)(F)F. The molecule has 92 valence electrons. The number of ketones is 1. The predicted octanol–water partition coefficient (Wildman–Crippen LogP) is 1.91. The lowest BCUT2D eigenvalue weighted by Crippen LogP contribution is -2.51. The highest BCUT2D eigenvalue weighted by Gasteiger charge is 2.45. The molecule has 1 unspecified atom stereocenters. The third-order valence-electron chi connectivity index (χ3n) is 2.66. The van der Waals surface area contributed by atoms with Crippen LogP contribution in [0.5, 0.6) is 0 Å². The molecule has 16 heavy (non-hydrogen) atoms. The molecule has 1 rings (SSSR count). The second-order valence-electron chi connectivity index (χ2n) is 3.93. The van der Waals surface area contributed by atoms with Crippen LogP contribution in [-0.2, 0) is 9.59 Å². The quantitative estimate of drug-likeness (QED) is 0.735. The van der Waals surface area contributed by atoms with E-state index in [-0.39, 0.29) is 25.2 Å². The zero-order valence-corrected chi connectivity index (χ0v) is 9.01. The second kappa shape index (κ2) is 4.84. The highest BCUT2D eigenvalue weighted by Crippen LogP contribution is 2.25. The summed E-state index contributed by atoms with van der Waals surface area (Å²) in [4.78, 5) is 23.0. The van der Waals surface area contributed by atoms with Gasteiger partial charge >= 0.3 is 12.1 Å². The number of amides is 1. The minimum Gasteiger partial charge on any atom is -0.331 e. The summed E-state index contributed by atoms with van der Waals surface area (Å²) in [5.41, 5.74) is 0. The lowest BCUT2D eigenvalue weighted by atomic mass is 9.97. The van der Waals surface area contributed by atoms with E-state index >= 15 is 0 Å². The molecule has 1 aliphatic rings. The summed E-state index contributed by atoms with van der Waals surface area (Å²) in [6.45, 7) is 1.71. The van der Waals surface area contributed by atoms with Crippen molar-refractivity contribution in [1.29, 1.82) is 0 Å². The fourth-order valence-electron chi connectivity index (χ4n) is 1.92. The molecule has 0 N–H and O–H groups in total. The van der Waals surface area contributed by atoms with E-state index in [0.717, 1.165) is 4.90 Å². The predicted molar refractivity (Wildman–Crippen MR) is 50.7 cm³/mol. The molecule has 1 fully saturated rings. The summed E-state index contributed by atoms with van der Waals surface area (Å²) >= 11 is 0. The van der Waals surface area contributed by atoms with Crippen LogP contribution in [0.4, 0.5) is 13.2 Å². The summed E-state index contributed by atoms with van der Waals surface area (Å²) in [5, 5.41) is 0. The average Bonchev–Trinajstić information content (AvgIpc) is 2.16. The van der Waals surface area contributed by atoms with E-state index in [9.17, 15) is 22.8 Å². The molecule has 0 radical (unpaired) electrons. The van der Waals surface area contributed by atoms with Crippen molar-refractivity contribution in [2.45, 2.75) is 44.8 Å². The fraction of sp³-hybridized carbons (Fsp3) is 0.800. The van der Waals surface area contributed by atoms with Crippen molar-refractivity contribution in [3.05, 3.63) is 0 Å². The first-order valence-corrected chi connectivity index (χ1v) is 5.25. The molecule has 1 amide bonds. The lowest BCUT2D eigenvalue weighted by Gasteiger charge is -2.35. The van der Waals surface area contributed by atoms with Gasteiger partial charge < -0.3 is 4.90 Å². The first kappa shape index (κ1) is 13.0. The van der Waals surface area contributed by atoms with E-state index in [1.54, 1.807) is 0 Å². The number of carbonyl (C=O) groups excluding carboxylic acids is 2. The van der Waals surface area contributed by atoms with Crippen LogP contribution in [-0.4, -0.2) is 35.4 Å². The molecule has 6 heteroatoms. The van der Waals surface area contributed by atoms with E-state index in [1.807, 2.05) is 6.92 Å². The van der Waals surface area contributed by atoms with Gasteiger partial charge in [0.25, 0.3) is 0 Å². The normalized spacial score (nSPS) is 22.4. The minimum atomic E-state index is -4.84. The summed E-state index contributed by atoms with van der Waals surface area (Å²) in [5.74, 6) is -1.89. The van der Waals surface area contributed by atoms with Gasteiger partial charge in [-0.25, -0.2) is 0 Å². The van der Waals surface area contributed by atoms with Gasteiger partial charge in [0, 0.05) is 25.4 Å². The zero-order valence-electron chi connectivity index (χ0n) is 9.01. The topological polar surface area (TPSA) is 37.4 Å². The van der Waals surface area contributed by atoms with Gasteiger partial charge in [-0.15, -0.1) is 0 Å². The summed E-state index contributed by atoms with van der Waals surface area (Å²) in [6, 6.07) is -0.583. The maximum absolute atomic E-state index is 12.3. The number of alkyl halides is 3. The Labute approximate surface area is 91.6 Å². The van der Waals surface area contributed by atoms with Crippen molar-refractivity contribution in [3.63, 3.8) is 0 Å². The van der Waals surface area contributed by atoms with E-state index in [4.69, 9.17) is 0 Å². The van der Waals surface area contributed by atoms with Gasteiger partial charge in [0.2, 0.25) is 0 Å². The summed E-state index contributed by atoms with van der Waals surface area (Å²) < 4.78 is 36.8. The standard InChI is InChI=1S/C10H14F3NO2/c1-2-3-7-6-8(15)4-5-14(7)9(16)10(11,12)13/h7H,2-6H2,1H3.